The predicted molar refractivity (Wildman–Crippen MR) is 73.7 cm³/mol. The number of amides is 1. The maximum atomic E-state index is 11.8. The molecule has 0 radical (unpaired) electrons. The van der Waals surface area contributed by atoms with Gasteiger partial charge in [-0.15, -0.1) is 0 Å². The van der Waals surface area contributed by atoms with Crippen LogP contribution in [0.5, 0.6) is 0 Å². The van der Waals surface area contributed by atoms with Crippen LogP contribution in [0.25, 0.3) is 0 Å². The Morgan fingerprint density at radius 3 is 2.44 bits per heavy atom. The molecule has 0 bridgehead atoms. The standard InChI is InChI=1S/C11H15BrN2O3S/c12-10-3-1-9(2-4-10)7-18(16,17)8-11(15)14-6-5-13/h1-4H,5-8,13H2,(H,14,15). The Bertz CT molecular complexity index is 500. The van der Waals surface area contributed by atoms with E-state index in [4.69, 9.17) is 5.73 Å². The van der Waals surface area contributed by atoms with Crippen molar-refractivity contribution in [1.29, 1.82) is 0 Å². The summed E-state index contributed by atoms with van der Waals surface area (Å²) in [5.41, 5.74) is 5.87. The first-order chi connectivity index (χ1) is 8.43. The molecule has 0 saturated heterocycles. The maximum Gasteiger partial charge on any atom is 0.235 e. The van der Waals surface area contributed by atoms with Crippen LogP contribution in [0.4, 0.5) is 0 Å². The van der Waals surface area contributed by atoms with Crippen molar-refractivity contribution in [2.75, 3.05) is 18.8 Å². The molecule has 0 heterocycles. The first kappa shape index (κ1) is 15.1. The highest BCUT2D eigenvalue weighted by Crippen LogP contribution is 2.13. The van der Waals surface area contributed by atoms with Crippen LogP contribution in [0.15, 0.2) is 28.7 Å². The molecule has 1 amide bonds. The highest BCUT2D eigenvalue weighted by atomic mass is 79.9. The van der Waals surface area contributed by atoms with Crippen molar-refractivity contribution >= 4 is 31.7 Å². The smallest absolute Gasteiger partial charge is 0.235 e. The molecule has 0 aromatic heterocycles. The van der Waals surface area contributed by atoms with E-state index in [1.54, 1.807) is 24.3 Å². The van der Waals surface area contributed by atoms with Crippen LogP contribution >= 0.6 is 15.9 Å². The molecule has 0 aliphatic rings. The summed E-state index contributed by atoms with van der Waals surface area (Å²) in [6, 6.07) is 6.94. The number of halogens is 1. The number of carbonyl (C=O) groups excluding carboxylic acids is 1. The van der Waals surface area contributed by atoms with Crippen molar-refractivity contribution in [3.8, 4) is 0 Å². The van der Waals surface area contributed by atoms with Crippen LogP contribution in [-0.2, 0) is 20.4 Å². The number of hydrogen-bond donors (Lipinski definition) is 2. The molecule has 1 aromatic rings. The van der Waals surface area contributed by atoms with Gasteiger partial charge in [0, 0.05) is 17.6 Å². The average molecular weight is 335 g/mol. The summed E-state index contributed by atoms with van der Waals surface area (Å²) in [5.74, 6) is -1.17. The zero-order chi connectivity index (χ0) is 13.6. The first-order valence-electron chi connectivity index (χ1n) is 5.34. The molecule has 18 heavy (non-hydrogen) atoms. The van der Waals surface area contributed by atoms with E-state index in [2.05, 4.69) is 21.2 Å². The summed E-state index contributed by atoms with van der Waals surface area (Å²) in [7, 11) is -3.45. The Labute approximate surface area is 115 Å². The van der Waals surface area contributed by atoms with Gasteiger partial charge < -0.3 is 11.1 Å². The summed E-state index contributed by atoms with van der Waals surface area (Å²) in [4.78, 5) is 11.3. The van der Waals surface area contributed by atoms with Gasteiger partial charge in [-0.1, -0.05) is 28.1 Å². The highest BCUT2D eigenvalue weighted by molar-refractivity contribution is 9.10. The van der Waals surface area contributed by atoms with Crippen LogP contribution in [0.3, 0.4) is 0 Å². The largest absolute Gasteiger partial charge is 0.354 e. The third kappa shape index (κ3) is 5.61. The quantitative estimate of drug-likeness (QED) is 0.789. The van der Waals surface area contributed by atoms with Crippen molar-refractivity contribution in [3.63, 3.8) is 0 Å². The topological polar surface area (TPSA) is 89.3 Å². The molecule has 100 valence electrons. The molecule has 1 rings (SSSR count). The Balaban J connectivity index is 2.59. The first-order valence-corrected chi connectivity index (χ1v) is 7.96. The van der Waals surface area contributed by atoms with Gasteiger partial charge in [0.1, 0.15) is 5.75 Å². The third-order valence-corrected chi connectivity index (χ3v) is 4.12. The Hall–Kier alpha value is -0.920. The minimum atomic E-state index is -3.45. The van der Waals surface area contributed by atoms with E-state index in [1.807, 2.05) is 0 Å². The molecule has 0 fully saturated rings. The number of carbonyl (C=O) groups is 1. The lowest BCUT2D eigenvalue weighted by Gasteiger charge is -2.05. The molecule has 3 N–H and O–H groups in total. The van der Waals surface area contributed by atoms with E-state index >= 15 is 0 Å². The number of sulfone groups is 1. The highest BCUT2D eigenvalue weighted by Gasteiger charge is 2.16. The van der Waals surface area contributed by atoms with Crippen LogP contribution in [0, 0.1) is 0 Å². The fourth-order valence-electron chi connectivity index (χ4n) is 1.35. The van der Waals surface area contributed by atoms with Crippen LogP contribution in [0.2, 0.25) is 0 Å². The van der Waals surface area contributed by atoms with Gasteiger partial charge in [0.2, 0.25) is 5.91 Å². The van der Waals surface area contributed by atoms with Gasteiger partial charge in [0.15, 0.2) is 9.84 Å². The molecule has 0 aliphatic carbocycles. The molecule has 0 spiro atoms. The van der Waals surface area contributed by atoms with Gasteiger partial charge >= 0.3 is 0 Å². The van der Waals surface area contributed by atoms with Crippen LogP contribution < -0.4 is 11.1 Å². The van der Waals surface area contributed by atoms with E-state index in [0.717, 1.165) is 4.47 Å². The molecule has 0 aliphatic heterocycles. The SMILES string of the molecule is NCCNC(=O)CS(=O)(=O)Cc1ccc(Br)cc1. The van der Waals surface area contributed by atoms with E-state index < -0.39 is 21.5 Å². The van der Waals surface area contributed by atoms with E-state index in [0.29, 0.717) is 12.1 Å². The lowest BCUT2D eigenvalue weighted by molar-refractivity contribution is -0.118. The monoisotopic (exact) mass is 334 g/mol. The fourth-order valence-corrected chi connectivity index (χ4v) is 2.92. The normalized spacial score (nSPS) is 11.2. The van der Waals surface area contributed by atoms with E-state index in [1.165, 1.54) is 0 Å². The fraction of sp³-hybridized carbons (Fsp3) is 0.364. The van der Waals surface area contributed by atoms with Crippen molar-refractivity contribution in [2.45, 2.75) is 5.75 Å². The molecule has 1 aromatic carbocycles. The minimum absolute atomic E-state index is 0.143. The van der Waals surface area contributed by atoms with Crippen molar-refractivity contribution in [3.05, 3.63) is 34.3 Å². The molecule has 5 nitrogen and oxygen atoms in total. The number of nitrogens with one attached hydrogen (secondary N) is 1. The summed E-state index contributed by atoms with van der Waals surface area (Å²) >= 11 is 3.27. The predicted octanol–water partition coefficient (Wildman–Crippen LogP) is 0.439. The zero-order valence-electron chi connectivity index (χ0n) is 9.73. The number of nitrogens with two attached hydrogens (primary N) is 1. The van der Waals surface area contributed by atoms with Crippen molar-refractivity contribution in [1.82, 2.24) is 5.32 Å². The molecule has 0 atom stereocenters. The lowest BCUT2D eigenvalue weighted by atomic mass is 10.2. The van der Waals surface area contributed by atoms with E-state index in [9.17, 15) is 13.2 Å². The maximum absolute atomic E-state index is 11.8. The summed E-state index contributed by atoms with van der Waals surface area (Å²) in [5, 5.41) is 2.43. The number of hydrogen-bond acceptors (Lipinski definition) is 4. The second-order valence-electron chi connectivity index (χ2n) is 3.80. The summed E-state index contributed by atoms with van der Waals surface area (Å²) < 4.78 is 24.4. The van der Waals surface area contributed by atoms with Gasteiger partial charge in [-0.2, -0.15) is 0 Å². The molecule has 0 unspecified atom stereocenters. The van der Waals surface area contributed by atoms with Crippen LogP contribution in [-0.4, -0.2) is 33.2 Å². The third-order valence-electron chi connectivity index (χ3n) is 2.12. The van der Waals surface area contributed by atoms with E-state index in [-0.39, 0.29) is 12.3 Å². The van der Waals surface area contributed by atoms with Gasteiger partial charge in [0.25, 0.3) is 0 Å². The second-order valence-corrected chi connectivity index (χ2v) is 6.78. The molecular formula is C11H15BrN2O3S. The Morgan fingerprint density at radius 1 is 1.28 bits per heavy atom. The molecule has 0 saturated carbocycles. The van der Waals surface area contributed by atoms with Crippen molar-refractivity contribution in [2.24, 2.45) is 5.73 Å². The van der Waals surface area contributed by atoms with Gasteiger partial charge in [-0.25, -0.2) is 8.42 Å². The Kier molecular flexibility index (Phi) is 5.77. The molecule has 7 heteroatoms. The second kappa shape index (κ2) is 6.86. The minimum Gasteiger partial charge on any atom is -0.354 e. The number of benzene rings is 1. The zero-order valence-corrected chi connectivity index (χ0v) is 12.1. The lowest BCUT2D eigenvalue weighted by Crippen LogP contribution is -2.34. The van der Waals surface area contributed by atoms with Gasteiger partial charge in [0.05, 0.1) is 5.75 Å². The van der Waals surface area contributed by atoms with Gasteiger partial charge in [-0.05, 0) is 17.7 Å². The summed E-state index contributed by atoms with van der Waals surface area (Å²) in [6.07, 6.45) is 0. The number of rotatable bonds is 6. The molecular weight excluding hydrogens is 320 g/mol. The van der Waals surface area contributed by atoms with Crippen LogP contribution in [0.1, 0.15) is 5.56 Å². The average Bonchev–Trinajstić information content (AvgIpc) is 2.28. The summed E-state index contributed by atoms with van der Waals surface area (Å²) in [6.45, 7) is 0.575. The van der Waals surface area contributed by atoms with Crippen molar-refractivity contribution < 1.29 is 13.2 Å². The Morgan fingerprint density at radius 2 is 1.89 bits per heavy atom. The van der Waals surface area contributed by atoms with Gasteiger partial charge in [-0.3, -0.25) is 4.79 Å².